The van der Waals surface area contributed by atoms with Crippen molar-refractivity contribution in [1.82, 2.24) is 4.90 Å². The maximum absolute atomic E-state index is 12.0. The standard InChI is InChI=1S/C13H24ClNO4S/c1-13(2,3)19-12(16)15-8-4-5-10-20(17,18)11(14)7-6-9-15/h11H,4-10H2,1-3H3. The molecule has 1 unspecified atom stereocenters. The van der Waals surface area contributed by atoms with Gasteiger partial charge in [0, 0.05) is 13.1 Å². The molecule has 1 fully saturated rings. The molecule has 0 bridgehead atoms. The first-order valence-electron chi connectivity index (χ1n) is 6.95. The molecular weight excluding hydrogens is 302 g/mol. The predicted octanol–water partition coefficient (Wildman–Crippen LogP) is 2.78. The summed E-state index contributed by atoms with van der Waals surface area (Å²) in [6.07, 6.45) is 1.75. The number of ether oxygens (including phenoxy) is 1. The molecular formula is C13H24ClNO4S. The summed E-state index contributed by atoms with van der Waals surface area (Å²) in [4.78, 5) is 13.7. The summed E-state index contributed by atoms with van der Waals surface area (Å²) < 4.78 is 28.1. The molecule has 0 spiro atoms. The first-order chi connectivity index (χ1) is 9.12. The molecule has 1 aliphatic heterocycles. The lowest BCUT2D eigenvalue weighted by Crippen LogP contribution is -2.39. The van der Waals surface area contributed by atoms with E-state index in [4.69, 9.17) is 16.3 Å². The lowest BCUT2D eigenvalue weighted by atomic mass is 10.2. The Morgan fingerprint density at radius 1 is 1.20 bits per heavy atom. The van der Waals surface area contributed by atoms with Crippen LogP contribution in [0.3, 0.4) is 0 Å². The number of carbonyl (C=O) groups excluding carboxylic acids is 1. The summed E-state index contributed by atoms with van der Waals surface area (Å²) >= 11 is 5.92. The van der Waals surface area contributed by atoms with Crippen LogP contribution in [0.25, 0.3) is 0 Å². The van der Waals surface area contributed by atoms with Gasteiger partial charge in [0.1, 0.15) is 10.3 Å². The van der Waals surface area contributed by atoms with E-state index in [9.17, 15) is 13.2 Å². The maximum atomic E-state index is 12.0. The van der Waals surface area contributed by atoms with Gasteiger partial charge < -0.3 is 9.64 Å². The minimum atomic E-state index is -3.20. The molecule has 118 valence electrons. The molecule has 1 rings (SSSR count). The number of rotatable bonds is 0. The molecule has 5 nitrogen and oxygen atoms in total. The smallest absolute Gasteiger partial charge is 0.410 e. The number of hydrogen-bond donors (Lipinski definition) is 0. The van der Waals surface area contributed by atoms with Gasteiger partial charge in [0.15, 0.2) is 9.84 Å². The van der Waals surface area contributed by atoms with Crippen molar-refractivity contribution in [2.24, 2.45) is 0 Å². The summed E-state index contributed by atoms with van der Waals surface area (Å²) in [6.45, 7) is 6.49. The fourth-order valence-corrected chi connectivity index (χ4v) is 3.79. The topological polar surface area (TPSA) is 63.7 Å². The first-order valence-corrected chi connectivity index (χ1v) is 9.10. The third-order valence-corrected chi connectivity index (χ3v) is 5.91. The normalized spacial score (nSPS) is 25.0. The van der Waals surface area contributed by atoms with Gasteiger partial charge in [-0.05, 0) is 46.5 Å². The zero-order chi connectivity index (χ0) is 15.4. The van der Waals surface area contributed by atoms with Crippen molar-refractivity contribution in [3.05, 3.63) is 0 Å². The van der Waals surface area contributed by atoms with Crippen LogP contribution in [0.4, 0.5) is 4.79 Å². The zero-order valence-corrected chi connectivity index (χ0v) is 14.0. The van der Waals surface area contributed by atoms with Crippen molar-refractivity contribution in [3.63, 3.8) is 0 Å². The highest BCUT2D eigenvalue weighted by atomic mass is 35.5. The molecule has 7 heteroatoms. The number of halogens is 1. The number of amides is 1. The van der Waals surface area contributed by atoms with Crippen molar-refractivity contribution < 1.29 is 17.9 Å². The fraction of sp³-hybridized carbons (Fsp3) is 0.923. The van der Waals surface area contributed by atoms with Crippen molar-refractivity contribution in [3.8, 4) is 0 Å². The summed E-state index contributed by atoms with van der Waals surface area (Å²) in [5.74, 6) is 0.0866. The summed E-state index contributed by atoms with van der Waals surface area (Å²) in [6, 6.07) is 0. The van der Waals surface area contributed by atoms with E-state index in [1.165, 1.54) is 0 Å². The molecule has 0 aromatic rings. The van der Waals surface area contributed by atoms with Crippen LogP contribution < -0.4 is 0 Å². The predicted molar refractivity (Wildman–Crippen MR) is 79.7 cm³/mol. The van der Waals surface area contributed by atoms with E-state index >= 15 is 0 Å². The Kier molecular flexibility index (Phi) is 6.13. The summed E-state index contributed by atoms with van der Waals surface area (Å²) in [5, 5.41) is 0. The first kappa shape index (κ1) is 17.6. The molecule has 1 amide bonds. The number of alkyl halides is 1. The third kappa shape index (κ3) is 5.87. The van der Waals surface area contributed by atoms with Gasteiger partial charge in [0.05, 0.1) is 5.75 Å². The molecule has 1 aliphatic rings. The van der Waals surface area contributed by atoms with E-state index in [0.29, 0.717) is 38.8 Å². The minimum absolute atomic E-state index is 0.0866. The molecule has 1 atom stereocenters. The molecule has 0 N–H and O–H groups in total. The number of hydrogen-bond acceptors (Lipinski definition) is 4. The zero-order valence-electron chi connectivity index (χ0n) is 12.4. The van der Waals surface area contributed by atoms with Crippen molar-refractivity contribution in [1.29, 1.82) is 0 Å². The number of nitrogens with zero attached hydrogens (tertiary/aromatic N) is 1. The lowest BCUT2D eigenvalue weighted by molar-refractivity contribution is 0.0244. The largest absolute Gasteiger partial charge is 0.444 e. The van der Waals surface area contributed by atoms with Crippen molar-refractivity contribution in [2.75, 3.05) is 18.8 Å². The highest BCUT2D eigenvalue weighted by molar-refractivity contribution is 7.93. The van der Waals surface area contributed by atoms with Gasteiger partial charge in [-0.3, -0.25) is 0 Å². The van der Waals surface area contributed by atoms with E-state index in [1.807, 2.05) is 20.8 Å². The van der Waals surface area contributed by atoms with Gasteiger partial charge in [-0.25, -0.2) is 13.2 Å². The Balaban J connectivity index is 2.63. The van der Waals surface area contributed by atoms with Gasteiger partial charge in [-0.1, -0.05) is 0 Å². The molecule has 0 radical (unpaired) electrons. The molecule has 1 heterocycles. The van der Waals surface area contributed by atoms with E-state index in [2.05, 4.69) is 0 Å². The fourth-order valence-electron chi connectivity index (χ4n) is 1.98. The van der Waals surface area contributed by atoms with Crippen LogP contribution in [-0.4, -0.2) is 48.6 Å². The summed E-state index contributed by atoms with van der Waals surface area (Å²) in [5.41, 5.74) is -0.523. The average molecular weight is 326 g/mol. The number of carbonyl (C=O) groups is 1. The lowest BCUT2D eigenvalue weighted by Gasteiger charge is -2.28. The Hall–Kier alpha value is -0.490. The van der Waals surface area contributed by atoms with Crippen LogP contribution in [0.2, 0.25) is 0 Å². The quantitative estimate of drug-likeness (QED) is 0.642. The van der Waals surface area contributed by atoms with Crippen LogP contribution in [0, 0.1) is 0 Å². The van der Waals surface area contributed by atoms with E-state index in [1.54, 1.807) is 4.90 Å². The molecule has 20 heavy (non-hydrogen) atoms. The minimum Gasteiger partial charge on any atom is -0.444 e. The van der Waals surface area contributed by atoms with Crippen LogP contribution in [-0.2, 0) is 14.6 Å². The molecule has 0 saturated carbocycles. The Bertz CT molecular complexity index is 430. The van der Waals surface area contributed by atoms with Gasteiger partial charge in [-0.15, -0.1) is 11.6 Å². The van der Waals surface area contributed by atoms with Crippen molar-refractivity contribution >= 4 is 27.5 Å². The third-order valence-electron chi connectivity index (χ3n) is 3.01. The second kappa shape index (κ2) is 6.98. The van der Waals surface area contributed by atoms with Gasteiger partial charge in [-0.2, -0.15) is 0 Å². The average Bonchev–Trinajstić information content (AvgIpc) is 2.28. The second-order valence-corrected chi connectivity index (χ2v) is 9.18. The second-order valence-electron chi connectivity index (χ2n) is 6.09. The Morgan fingerprint density at radius 3 is 2.40 bits per heavy atom. The Morgan fingerprint density at radius 2 is 1.80 bits per heavy atom. The van der Waals surface area contributed by atoms with Crippen LogP contribution in [0.15, 0.2) is 0 Å². The summed E-state index contributed by atoms with van der Waals surface area (Å²) in [7, 11) is -3.20. The molecule has 1 saturated heterocycles. The monoisotopic (exact) mass is 325 g/mol. The van der Waals surface area contributed by atoms with Gasteiger partial charge >= 0.3 is 6.09 Å². The van der Waals surface area contributed by atoms with Crippen molar-refractivity contribution in [2.45, 2.75) is 56.8 Å². The van der Waals surface area contributed by atoms with Gasteiger partial charge in [0.25, 0.3) is 0 Å². The molecule has 0 aromatic heterocycles. The van der Waals surface area contributed by atoms with E-state index < -0.39 is 20.1 Å². The number of sulfone groups is 1. The van der Waals surface area contributed by atoms with E-state index in [-0.39, 0.29) is 11.8 Å². The molecule has 0 aromatic carbocycles. The van der Waals surface area contributed by atoms with E-state index in [0.717, 1.165) is 0 Å². The highest BCUT2D eigenvalue weighted by Crippen LogP contribution is 2.19. The van der Waals surface area contributed by atoms with Crippen LogP contribution in [0.5, 0.6) is 0 Å². The molecule has 0 aliphatic carbocycles. The highest BCUT2D eigenvalue weighted by Gasteiger charge is 2.26. The van der Waals surface area contributed by atoms with Crippen LogP contribution >= 0.6 is 11.6 Å². The van der Waals surface area contributed by atoms with Crippen LogP contribution in [0.1, 0.15) is 46.5 Å². The van der Waals surface area contributed by atoms with Gasteiger partial charge in [0.2, 0.25) is 0 Å². The Labute approximate surface area is 126 Å². The maximum Gasteiger partial charge on any atom is 0.410 e. The SMILES string of the molecule is CC(C)(C)OC(=O)N1CCCCS(=O)(=O)C(Cl)CCC1.